The van der Waals surface area contributed by atoms with Crippen molar-refractivity contribution in [2.75, 3.05) is 30.3 Å². The number of carbonyl (C=O) groups is 2. The molecule has 10 nitrogen and oxygen atoms in total. The Morgan fingerprint density at radius 2 is 1.87 bits per heavy atom. The summed E-state index contributed by atoms with van der Waals surface area (Å²) in [4.78, 5) is 27.8. The van der Waals surface area contributed by atoms with Crippen molar-refractivity contribution >= 4 is 39.2 Å². The summed E-state index contributed by atoms with van der Waals surface area (Å²) in [5, 5.41) is 7.23. The molecule has 1 aliphatic heterocycles. The number of nitrogens with one attached hydrogen (secondary N) is 1. The van der Waals surface area contributed by atoms with Gasteiger partial charge in [0.15, 0.2) is 0 Å². The molecule has 0 unspecified atom stereocenters. The normalized spacial score (nSPS) is 12.9. The first-order chi connectivity index (χ1) is 22.0. The molecule has 0 atom stereocenters. The number of aromatic nitrogens is 2. The molecule has 0 aliphatic carbocycles. The number of nitrogens with zero attached hydrogens (tertiary/aromatic N) is 3. The number of hydrogen-bond donors (Lipinski definition) is 2. The number of anilines is 1. The van der Waals surface area contributed by atoms with Crippen LogP contribution in [0, 0.1) is 13.8 Å². The van der Waals surface area contributed by atoms with Gasteiger partial charge < -0.3 is 15.0 Å². The van der Waals surface area contributed by atoms with Crippen LogP contribution in [0.3, 0.4) is 0 Å². The van der Waals surface area contributed by atoms with E-state index < -0.39 is 21.8 Å². The van der Waals surface area contributed by atoms with Crippen molar-refractivity contribution in [1.82, 2.24) is 15.1 Å². The van der Waals surface area contributed by atoms with Gasteiger partial charge in [-0.15, -0.1) is 0 Å². The monoisotopic (exact) mass is 664 g/mol. The Bertz CT molecular complexity index is 1860. The van der Waals surface area contributed by atoms with Crippen LogP contribution in [0.15, 0.2) is 67.0 Å². The molecular formula is C34H37ClN4O6S. The lowest BCUT2D eigenvalue weighted by Crippen LogP contribution is -2.35. The molecule has 2 N–H and O–H groups in total. The van der Waals surface area contributed by atoms with E-state index in [-0.39, 0.29) is 23.0 Å². The summed E-state index contributed by atoms with van der Waals surface area (Å²) in [6.07, 6.45) is 6.41. The summed E-state index contributed by atoms with van der Waals surface area (Å²) >= 11 is 6.56. The summed E-state index contributed by atoms with van der Waals surface area (Å²) in [6, 6.07) is 17.0. The van der Waals surface area contributed by atoms with Crippen LogP contribution in [0.2, 0.25) is 5.02 Å². The van der Waals surface area contributed by atoms with E-state index in [0.717, 1.165) is 46.5 Å². The molecule has 0 radical (unpaired) electrons. The van der Waals surface area contributed by atoms with Gasteiger partial charge in [0.1, 0.15) is 5.75 Å². The second-order valence-corrected chi connectivity index (χ2v) is 13.3. The van der Waals surface area contributed by atoms with Crippen molar-refractivity contribution < 1.29 is 27.3 Å². The zero-order chi connectivity index (χ0) is 32.8. The summed E-state index contributed by atoms with van der Waals surface area (Å²) < 4.78 is 38.5. The summed E-state index contributed by atoms with van der Waals surface area (Å²) in [6.45, 7) is 5.30. The average Bonchev–Trinajstić information content (AvgIpc) is 3.49. The number of ether oxygens (including phenoxy) is 1. The fourth-order valence-corrected chi connectivity index (χ4v) is 6.24. The maximum Gasteiger partial charge on any atom is 0.266 e. The van der Waals surface area contributed by atoms with Crippen molar-refractivity contribution in [3.63, 3.8) is 0 Å². The van der Waals surface area contributed by atoms with E-state index in [0.29, 0.717) is 38.1 Å². The molecule has 242 valence electrons. The minimum absolute atomic E-state index is 0.0786. The lowest BCUT2D eigenvalue weighted by Gasteiger charge is -2.31. The molecule has 0 bridgehead atoms. The first-order valence-corrected chi connectivity index (χ1v) is 17.2. The largest absolute Gasteiger partial charge is 0.493 e. The first-order valence-electron chi connectivity index (χ1n) is 15.2. The zero-order valence-electron chi connectivity index (χ0n) is 25.8. The van der Waals surface area contributed by atoms with E-state index in [9.17, 15) is 18.0 Å². The van der Waals surface area contributed by atoms with Gasteiger partial charge in [-0.1, -0.05) is 48.0 Å². The number of carbonyl (C=O) groups excluding carboxylic acids is 2. The minimum atomic E-state index is -4.19. The van der Waals surface area contributed by atoms with Crippen LogP contribution < -0.4 is 15.0 Å². The van der Waals surface area contributed by atoms with E-state index in [1.165, 1.54) is 5.56 Å². The summed E-state index contributed by atoms with van der Waals surface area (Å²) in [5.74, 6) is -0.199. The molecule has 0 saturated heterocycles. The van der Waals surface area contributed by atoms with E-state index >= 15 is 0 Å². The first kappa shape index (κ1) is 33.2. The number of fused-ring (bicyclic) bond motifs is 1. The number of halogens is 1. The quantitative estimate of drug-likeness (QED) is 0.148. The Morgan fingerprint density at radius 1 is 1.09 bits per heavy atom. The van der Waals surface area contributed by atoms with Gasteiger partial charge >= 0.3 is 0 Å². The highest BCUT2D eigenvalue weighted by Crippen LogP contribution is 2.36. The average molecular weight is 665 g/mol. The highest BCUT2D eigenvalue weighted by atomic mass is 35.5. The third kappa shape index (κ3) is 7.96. The highest BCUT2D eigenvalue weighted by molar-refractivity contribution is 7.85. The van der Waals surface area contributed by atoms with Crippen LogP contribution in [-0.4, -0.2) is 60.0 Å². The molecule has 0 fully saturated rings. The van der Waals surface area contributed by atoms with E-state index in [2.05, 4.69) is 23.4 Å². The molecule has 46 heavy (non-hydrogen) atoms. The number of amides is 2. The van der Waals surface area contributed by atoms with Crippen LogP contribution in [0.5, 0.6) is 5.75 Å². The molecular weight excluding hydrogens is 628 g/mol. The summed E-state index contributed by atoms with van der Waals surface area (Å²) in [5.41, 5.74) is 7.09. The van der Waals surface area contributed by atoms with Gasteiger partial charge in [0.05, 0.1) is 35.7 Å². The maximum atomic E-state index is 13.3. The Balaban J connectivity index is 1.24. The predicted octanol–water partition coefficient (Wildman–Crippen LogP) is 5.62. The third-order valence-corrected chi connectivity index (χ3v) is 9.31. The van der Waals surface area contributed by atoms with Crippen LogP contribution >= 0.6 is 11.6 Å². The third-order valence-electron chi connectivity index (χ3n) is 8.14. The molecule has 12 heteroatoms. The topological polar surface area (TPSA) is 131 Å². The molecule has 0 spiro atoms. The Kier molecular flexibility index (Phi) is 10.5. The van der Waals surface area contributed by atoms with Gasteiger partial charge in [0.25, 0.3) is 16.0 Å². The Morgan fingerprint density at radius 3 is 2.67 bits per heavy atom. The fourth-order valence-electron chi connectivity index (χ4n) is 5.60. The van der Waals surface area contributed by atoms with E-state index in [4.69, 9.17) is 20.9 Å². The summed E-state index contributed by atoms with van der Waals surface area (Å²) in [7, 11) is -4.19. The minimum Gasteiger partial charge on any atom is -0.493 e. The van der Waals surface area contributed by atoms with Crippen molar-refractivity contribution in [2.24, 2.45) is 0 Å². The maximum absolute atomic E-state index is 13.3. The lowest BCUT2D eigenvalue weighted by atomic mass is 9.93. The van der Waals surface area contributed by atoms with Crippen molar-refractivity contribution in [1.29, 1.82) is 0 Å². The zero-order valence-corrected chi connectivity index (χ0v) is 27.4. The fraction of sp³-hybridized carbons (Fsp3) is 0.324. The molecule has 2 heterocycles. The second-order valence-electron chi connectivity index (χ2n) is 11.3. The van der Waals surface area contributed by atoms with Crippen molar-refractivity contribution in [2.45, 2.75) is 46.1 Å². The molecule has 2 amide bonds. The van der Waals surface area contributed by atoms with Crippen LogP contribution in [0.25, 0.3) is 11.1 Å². The second kappa shape index (κ2) is 14.5. The van der Waals surface area contributed by atoms with Gasteiger partial charge in [0, 0.05) is 37.0 Å². The van der Waals surface area contributed by atoms with Gasteiger partial charge in [-0.25, -0.2) is 0 Å². The molecule has 4 aromatic rings. The Labute approximate surface area is 274 Å². The predicted molar refractivity (Wildman–Crippen MR) is 178 cm³/mol. The Hall–Kier alpha value is -4.19. The van der Waals surface area contributed by atoms with Gasteiger partial charge in [-0.3, -0.25) is 18.8 Å². The molecule has 5 rings (SSSR count). The van der Waals surface area contributed by atoms with Gasteiger partial charge in [0.2, 0.25) is 5.91 Å². The van der Waals surface area contributed by atoms with E-state index in [1.54, 1.807) is 29.1 Å². The smallest absolute Gasteiger partial charge is 0.266 e. The van der Waals surface area contributed by atoms with E-state index in [1.807, 2.05) is 48.4 Å². The van der Waals surface area contributed by atoms with Crippen LogP contribution in [0.4, 0.5) is 5.69 Å². The number of benzene rings is 3. The number of hydrogen-bond acceptors (Lipinski definition) is 6. The number of rotatable bonds is 12. The number of aryl methyl sites for hydroxylation is 1. The van der Waals surface area contributed by atoms with Crippen LogP contribution in [-0.2, 0) is 27.9 Å². The van der Waals surface area contributed by atoms with Crippen molar-refractivity contribution in [3.05, 3.63) is 99.8 Å². The molecule has 1 aliphatic rings. The molecule has 3 aromatic carbocycles. The SMILES string of the molecule is Cc1cccc(OCCCC(=O)N2CCCc3c(-c4cnn(Cc5cccc(C(=O)NCCS(=O)(=O)O)c5Cl)c4)cccc32)c1C. The standard InChI is InChI=1S/C34H37ClN4O6S/c1-23-8-3-14-31(24(23)2)45-18-7-15-32(40)39-17-6-12-28-27(10-5-13-30(28)39)26-20-37-38(22-26)21-25-9-4-11-29(33(25)35)34(41)36-16-19-46(42,43)44/h3-5,8-11,13-14,20,22H,6-7,12,15-19,21H2,1-2H3,(H,36,41)(H,42,43,44). The lowest BCUT2D eigenvalue weighted by molar-refractivity contribution is -0.118. The van der Waals surface area contributed by atoms with Crippen LogP contribution in [0.1, 0.15) is 51.9 Å². The van der Waals surface area contributed by atoms with Gasteiger partial charge in [-0.05, 0) is 79.1 Å². The highest BCUT2D eigenvalue weighted by Gasteiger charge is 2.25. The molecule has 1 aromatic heterocycles. The van der Waals surface area contributed by atoms with Gasteiger partial charge in [-0.2, -0.15) is 13.5 Å². The van der Waals surface area contributed by atoms with Crippen molar-refractivity contribution in [3.8, 4) is 16.9 Å². The molecule has 0 saturated carbocycles.